The number of anilines is 1. The lowest BCUT2D eigenvalue weighted by Crippen LogP contribution is -2.36. The summed E-state index contributed by atoms with van der Waals surface area (Å²) in [5, 5.41) is 2.56. The highest BCUT2D eigenvalue weighted by atomic mass is 19.4. The highest BCUT2D eigenvalue weighted by molar-refractivity contribution is 5.92. The summed E-state index contributed by atoms with van der Waals surface area (Å²) >= 11 is 0. The minimum absolute atomic E-state index is 0.0463. The Bertz CT molecular complexity index is 906. The van der Waals surface area contributed by atoms with Crippen molar-refractivity contribution >= 4 is 11.7 Å². The molecule has 1 atom stereocenters. The Hall–Kier alpha value is -2.75. The van der Waals surface area contributed by atoms with Crippen molar-refractivity contribution in [2.45, 2.75) is 38.4 Å². The second-order valence-corrected chi connectivity index (χ2v) is 7.00. The van der Waals surface area contributed by atoms with Gasteiger partial charge in [0, 0.05) is 25.5 Å². The summed E-state index contributed by atoms with van der Waals surface area (Å²) in [4.78, 5) is 33.4. The Balaban J connectivity index is 1.93. The van der Waals surface area contributed by atoms with E-state index >= 15 is 0 Å². The fourth-order valence-corrected chi connectivity index (χ4v) is 3.23. The van der Waals surface area contributed by atoms with E-state index in [0.717, 1.165) is 10.6 Å². The maximum Gasteiger partial charge on any atom is 0.417 e. The summed E-state index contributed by atoms with van der Waals surface area (Å²) in [6.07, 6.45) is 0.441. The van der Waals surface area contributed by atoms with Crippen LogP contribution in [0.5, 0.6) is 0 Å². The number of hydrogen-bond donors (Lipinski definition) is 1. The Morgan fingerprint density at radius 1 is 1.28 bits per heavy atom. The number of aromatic nitrogens is 3. The molecule has 10 heteroatoms. The van der Waals surface area contributed by atoms with E-state index in [1.54, 1.807) is 6.92 Å². The van der Waals surface area contributed by atoms with E-state index in [0.29, 0.717) is 44.0 Å². The first kappa shape index (κ1) is 21.0. The largest absolute Gasteiger partial charge is 0.417 e. The molecule has 0 aromatic carbocycles. The Morgan fingerprint density at radius 2 is 2.00 bits per heavy atom. The fraction of sp³-hybridized carbons (Fsp3) is 0.474. The molecule has 7 nitrogen and oxygen atoms in total. The molecule has 2 aromatic rings. The van der Waals surface area contributed by atoms with Gasteiger partial charge in [-0.3, -0.25) is 14.6 Å². The SMILES string of the molecule is Cc1cnc(NC(=O)[C@H](CC2CCOCC2)n2cc(C(F)(F)F)ccc2=O)cn1. The second-order valence-electron chi connectivity index (χ2n) is 7.00. The molecule has 0 radical (unpaired) electrons. The highest BCUT2D eigenvalue weighted by Gasteiger charge is 2.33. The van der Waals surface area contributed by atoms with Crippen molar-refractivity contribution in [3.63, 3.8) is 0 Å². The van der Waals surface area contributed by atoms with Crippen molar-refractivity contribution in [3.05, 3.63) is 52.3 Å². The van der Waals surface area contributed by atoms with E-state index in [4.69, 9.17) is 4.74 Å². The predicted octanol–water partition coefficient (Wildman–Crippen LogP) is 2.96. The quantitative estimate of drug-likeness (QED) is 0.819. The number of carbonyl (C=O) groups is 1. The Labute approximate surface area is 164 Å². The fourth-order valence-electron chi connectivity index (χ4n) is 3.23. The number of ether oxygens (including phenoxy) is 1. The van der Waals surface area contributed by atoms with Gasteiger partial charge in [-0.05, 0) is 38.2 Å². The van der Waals surface area contributed by atoms with Gasteiger partial charge in [0.15, 0.2) is 5.82 Å². The van der Waals surface area contributed by atoms with Crippen molar-refractivity contribution in [1.29, 1.82) is 0 Å². The Morgan fingerprint density at radius 3 is 2.62 bits per heavy atom. The van der Waals surface area contributed by atoms with Crippen LogP contribution in [0.3, 0.4) is 0 Å². The maximum absolute atomic E-state index is 13.2. The molecule has 0 bridgehead atoms. The van der Waals surface area contributed by atoms with Crippen LogP contribution in [0, 0.1) is 12.8 Å². The normalized spacial score (nSPS) is 16.4. The minimum Gasteiger partial charge on any atom is -0.381 e. The van der Waals surface area contributed by atoms with E-state index in [9.17, 15) is 22.8 Å². The molecular formula is C19H21F3N4O3. The summed E-state index contributed by atoms with van der Waals surface area (Å²) in [6, 6.07) is 0.433. The van der Waals surface area contributed by atoms with Gasteiger partial charge in [-0.2, -0.15) is 13.2 Å². The first-order valence-corrected chi connectivity index (χ1v) is 9.20. The average Bonchev–Trinajstić information content (AvgIpc) is 2.68. The third-order valence-corrected chi connectivity index (χ3v) is 4.83. The zero-order valence-corrected chi connectivity index (χ0v) is 15.8. The molecule has 156 valence electrons. The molecule has 3 heterocycles. The van der Waals surface area contributed by atoms with Crippen molar-refractivity contribution in [1.82, 2.24) is 14.5 Å². The number of carbonyl (C=O) groups excluding carboxylic acids is 1. The predicted molar refractivity (Wildman–Crippen MR) is 98.3 cm³/mol. The number of halogens is 3. The van der Waals surface area contributed by atoms with Crippen LogP contribution < -0.4 is 10.9 Å². The maximum atomic E-state index is 13.2. The molecule has 1 saturated heterocycles. The first-order valence-electron chi connectivity index (χ1n) is 9.20. The van der Waals surface area contributed by atoms with Crippen LogP contribution in [-0.4, -0.2) is 33.7 Å². The van der Waals surface area contributed by atoms with Crippen LogP contribution in [0.15, 0.2) is 35.5 Å². The van der Waals surface area contributed by atoms with Crippen molar-refractivity contribution in [2.75, 3.05) is 18.5 Å². The second kappa shape index (κ2) is 8.73. The number of nitrogens with one attached hydrogen (secondary N) is 1. The number of pyridine rings is 1. The molecule has 1 aliphatic heterocycles. The van der Waals surface area contributed by atoms with E-state index < -0.39 is 29.2 Å². The third kappa shape index (κ3) is 5.41. The van der Waals surface area contributed by atoms with E-state index in [-0.39, 0.29) is 18.2 Å². The van der Waals surface area contributed by atoms with Gasteiger partial charge in [0.05, 0.1) is 23.7 Å². The zero-order chi connectivity index (χ0) is 21.0. The lowest BCUT2D eigenvalue weighted by atomic mass is 9.92. The van der Waals surface area contributed by atoms with Crippen LogP contribution in [0.2, 0.25) is 0 Å². The van der Waals surface area contributed by atoms with Gasteiger partial charge in [-0.1, -0.05) is 0 Å². The first-order chi connectivity index (χ1) is 13.7. The lowest BCUT2D eigenvalue weighted by Gasteiger charge is -2.27. The number of amides is 1. The monoisotopic (exact) mass is 410 g/mol. The molecule has 1 fully saturated rings. The summed E-state index contributed by atoms with van der Waals surface area (Å²) in [5.41, 5.74) is -1.02. The van der Waals surface area contributed by atoms with E-state index in [1.807, 2.05) is 0 Å². The van der Waals surface area contributed by atoms with E-state index in [1.165, 1.54) is 12.4 Å². The van der Waals surface area contributed by atoms with Gasteiger partial charge >= 0.3 is 6.18 Å². The summed E-state index contributed by atoms with van der Waals surface area (Å²) in [6.45, 7) is 2.76. The molecule has 1 N–H and O–H groups in total. The van der Waals surface area contributed by atoms with Gasteiger partial charge in [0.25, 0.3) is 5.56 Å². The molecule has 1 aliphatic rings. The van der Waals surface area contributed by atoms with Crippen LogP contribution in [-0.2, 0) is 15.7 Å². The molecule has 0 unspecified atom stereocenters. The highest BCUT2D eigenvalue weighted by Crippen LogP contribution is 2.30. The Kier molecular flexibility index (Phi) is 6.31. The third-order valence-electron chi connectivity index (χ3n) is 4.83. The van der Waals surface area contributed by atoms with E-state index in [2.05, 4.69) is 15.3 Å². The molecule has 0 saturated carbocycles. The molecule has 29 heavy (non-hydrogen) atoms. The number of rotatable bonds is 5. The number of aryl methyl sites for hydroxylation is 1. The minimum atomic E-state index is -4.63. The molecule has 2 aromatic heterocycles. The average molecular weight is 410 g/mol. The van der Waals surface area contributed by atoms with Crippen molar-refractivity contribution in [3.8, 4) is 0 Å². The van der Waals surface area contributed by atoms with Crippen molar-refractivity contribution < 1.29 is 22.7 Å². The zero-order valence-electron chi connectivity index (χ0n) is 15.8. The molecule has 0 aliphatic carbocycles. The standard InChI is InChI=1S/C19H21F3N4O3/c1-12-9-24-16(10-23-12)25-18(28)15(8-13-4-6-29-7-5-13)26-11-14(19(20,21)22)2-3-17(26)27/h2-3,9-11,13,15H,4-8H2,1H3,(H,24,25,28)/t15-/m0/s1. The molecule has 1 amide bonds. The summed E-state index contributed by atoms with van der Waals surface area (Å²) in [5.74, 6) is -0.404. The van der Waals surface area contributed by atoms with Gasteiger partial charge in [-0.15, -0.1) is 0 Å². The topological polar surface area (TPSA) is 86.1 Å². The number of alkyl halides is 3. The number of nitrogens with zero attached hydrogens (tertiary/aromatic N) is 3. The lowest BCUT2D eigenvalue weighted by molar-refractivity contribution is -0.138. The smallest absolute Gasteiger partial charge is 0.381 e. The van der Waals surface area contributed by atoms with Gasteiger partial charge in [-0.25, -0.2) is 4.98 Å². The van der Waals surface area contributed by atoms with Crippen LogP contribution in [0.25, 0.3) is 0 Å². The van der Waals surface area contributed by atoms with Crippen LogP contribution in [0.1, 0.15) is 36.6 Å². The van der Waals surface area contributed by atoms with Crippen LogP contribution >= 0.6 is 0 Å². The molecule has 3 rings (SSSR count). The van der Waals surface area contributed by atoms with Gasteiger partial charge in [0.2, 0.25) is 5.91 Å². The molecule has 0 spiro atoms. The van der Waals surface area contributed by atoms with Crippen molar-refractivity contribution in [2.24, 2.45) is 5.92 Å². The number of hydrogen-bond acceptors (Lipinski definition) is 5. The molecular weight excluding hydrogens is 389 g/mol. The van der Waals surface area contributed by atoms with Crippen LogP contribution in [0.4, 0.5) is 19.0 Å². The summed E-state index contributed by atoms with van der Waals surface area (Å²) < 4.78 is 45.6. The van der Waals surface area contributed by atoms with Gasteiger partial charge in [0.1, 0.15) is 6.04 Å². The van der Waals surface area contributed by atoms with Gasteiger partial charge < -0.3 is 14.6 Å². The summed E-state index contributed by atoms with van der Waals surface area (Å²) in [7, 11) is 0.